The van der Waals surface area contributed by atoms with Crippen LogP contribution in [0.3, 0.4) is 0 Å². The number of nitrogens with zero attached hydrogens (tertiary/aromatic N) is 1. The summed E-state index contributed by atoms with van der Waals surface area (Å²) in [6.07, 6.45) is 2.71. The lowest BCUT2D eigenvalue weighted by Crippen LogP contribution is -2.23. The minimum atomic E-state index is -3.77. The standard InChI is InChI=1S/C12H13N3O4S/c1-8-3-2-4-13-11(8)7-15-20(18,19)9-5-10(12(16)17)14-6-9/h2-6,14-15H,7H2,1H3,(H,16,17). The van der Waals surface area contributed by atoms with E-state index in [4.69, 9.17) is 5.11 Å². The number of hydrogen-bond donors (Lipinski definition) is 3. The third-order valence-electron chi connectivity index (χ3n) is 2.74. The lowest BCUT2D eigenvalue weighted by Gasteiger charge is -2.06. The Morgan fingerprint density at radius 1 is 1.50 bits per heavy atom. The van der Waals surface area contributed by atoms with Gasteiger partial charge in [0.2, 0.25) is 10.0 Å². The van der Waals surface area contributed by atoms with Gasteiger partial charge in [-0.2, -0.15) is 0 Å². The number of aromatic carboxylic acids is 1. The molecule has 2 heterocycles. The molecule has 0 amide bonds. The lowest BCUT2D eigenvalue weighted by molar-refractivity contribution is 0.0691. The molecule has 106 valence electrons. The second kappa shape index (κ2) is 5.43. The highest BCUT2D eigenvalue weighted by molar-refractivity contribution is 7.89. The van der Waals surface area contributed by atoms with Crippen LogP contribution in [0.5, 0.6) is 0 Å². The highest BCUT2D eigenvalue weighted by Crippen LogP contribution is 2.12. The predicted octanol–water partition coefficient (Wildman–Crippen LogP) is 0.895. The van der Waals surface area contributed by atoms with Crippen molar-refractivity contribution in [2.24, 2.45) is 0 Å². The zero-order valence-corrected chi connectivity index (χ0v) is 11.4. The van der Waals surface area contributed by atoms with E-state index in [1.165, 1.54) is 0 Å². The topological polar surface area (TPSA) is 112 Å². The molecular weight excluding hydrogens is 282 g/mol. The van der Waals surface area contributed by atoms with Crippen molar-refractivity contribution in [1.29, 1.82) is 0 Å². The number of carbonyl (C=O) groups is 1. The van der Waals surface area contributed by atoms with E-state index >= 15 is 0 Å². The van der Waals surface area contributed by atoms with Crippen molar-refractivity contribution in [2.75, 3.05) is 0 Å². The van der Waals surface area contributed by atoms with Crippen LogP contribution in [-0.2, 0) is 16.6 Å². The maximum atomic E-state index is 12.0. The van der Waals surface area contributed by atoms with Gasteiger partial charge in [-0.3, -0.25) is 4.98 Å². The van der Waals surface area contributed by atoms with E-state index in [1.807, 2.05) is 13.0 Å². The minimum absolute atomic E-state index is 0.0442. The van der Waals surface area contributed by atoms with Crippen molar-refractivity contribution in [3.63, 3.8) is 0 Å². The third kappa shape index (κ3) is 3.03. The first-order valence-electron chi connectivity index (χ1n) is 5.72. The molecule has 0 fully saturated rings. The van der Waals surface area contributed by atoms with Gasteiger partial charge in [0.1, 0.15) is 10.6 Å². The summed E-state index contributed by atoms with van der Waals surface area (Å²) in [7, 11) is -3.77. The second-order valence-corrected chi connectivity index (χ2v) is 5.91. The highest BCUT2D eigenvalue weighted by Gasteiger charge is 2.18. The average molecular weight is 295 g/mol. The van der Waals surface area contributed by atoms with Crippen molar-refractivity contribution < 1.29 is 18.3 Å². The molecule has 3 N–H and O–H groups in total. The quantitative estimate of drug-likeness (QED) is 0.758. The predicted molar refractivity (Wildman–Crippen MR) is 70.8 cm³/mol. The normalized spacial score (nSPS) is 11.4. The van der Waals surface area contributed by atoms with Crippen LogP contribution in [-0.4, -0.2) is 29.5 Å². The van der Waals surface area contributed by atoms with E-state index < -0.39 is 16.0 Å². The van der Waals surface area contributed by atoms with Crippen molar-refractivity contribution in [3.8, 4) is 0 Å². The number of aromatic amines is 1. The molecule has 0 unspecified atom stereocenters. The molecule has 2 aromatic rings. The molecule has 20 heavy (non-hydrogen) atoms. The largest absolute Gasteiger partial charge is 0.477 e. The Labute approximate surface area is 115 Å². The molecule has 7 nitrogen and oxygen atoms in total. The number of aryl methyl sites for hydroxylation is 1. The van der Waals surface area contributed by atoms with Crippen molar-refractivity contribution in [3.05, 3.63) is 47.5 Å². The van der Waals surface area contributed by atoms with E-state index in [9.17, 15) is 13.2 Å². The molecule has 0 aliphatic carbocycles. The number of rotatable bonds is 5. The summed E-state index contributed by atoms with van der Waals surface area (Å²) in [4.78, 5) is 17.1. The summed E-state index contributed by atoms with van der Waals surface area (Å²) in [6, 6.07) is 4.66. The monoisotopic (exact) mass is 295 g/mol. The van der Waals surface area contributed by atoms with Crippen molar-refractivity contribution in [2.45, 2.75) is 18.4 Å². The van der Waals surface area contributed by atoms with Gasteiger partial charge in [0.05, 0.1) is 12.2 Å². The number of sulfonamides is 1. The molecular formula is C12H13N3O4S. The number of nitrogens with one attached hydrogen (secondary N) is 2. The average Bonchev–Trinajstić information content (AvgIpc) is 2.88. The van der Waals surface area contributed by atoms with Crippen LogP contribution in [0.25, 0.3) is 0 Å². The molecule has 0 atom stereocenters. The van der Waals surface area contributed by atoms with Gasteiger partial charge in [-0.1, -0.05) is 6.07 Å². The zero-order chi connectivity index (χ0) is 14.8. The Hall–Kier alpha value is -2.19. The number of pyridine rings is 1. The maximum absolute atomic E-state index is 12.0. The van der Waals surface area contributed by atoms with Crippen LogP contribution < -0.4 is 4.72 Å². The second-order valence-electron chi connectivity index (χ2n) is 4.15. The highest BCUT2D eigenvalue weighted by atomic mass is 32.2. The van der Waals surface area contributed by atoms with Gasteiger partial charge >= 0.3 is 5.97 Å². The van der Waals surface area contributed by atoms with Crippen LogP contribution in [0, 0.1) is 6.92 Å². The van der Waals surface area contributed by atoms with E-state index in [-0.39, 0.29) is 17.1 Å². The first-order valence-corrected chi connectivity index (χ1v) is 7.20. The van der Waals surface area contributed by atoms with Gasteiger partial charge in [-0.25, -0.2) is 17.9 Å². The van der Waals surface area contributed by atoms with Gasteiger partial charge in [-0.05, 0) is 24.6 Å². The van der Waals surface area contributed by atoms with E-state index in [0.29, 0.717) is 5.69 Å². The number of aromatic nitrogens is 2. The number of carboxylic acids is 1. The Kier molecular flexibility index (Phi) is 3.86. The van der Waals surface area contributed by atoms with Gasteiger partial charge in [0.15, 0.2) is 0 Å². The summed E-state index contributed by atoms with van der Waals surface area (Å²) >= 11 is 0. The molecule has 0 saturated heterocycles. The summed E-state index contributed by atoms with van der Waals surface area (Å²) in [5, 5.41) is 8.75. The first kappa shape index (κ1) is 14.2. The lowest BCUT2D eigenvalue weighted by atomic mass is 10.2. The van der Waals surface area contributed by atoms with Gasteiger partial charge in [0.25, 0.3) is 0 Å². The fraction of sp³-hybridized carbons (Fsp3) is 0.167. The zero-order valence-electron chi connectivity index (χ0n) is 10.6. The fourth-order valence-corrected chi connectivity index (χ4v) is 2.58. The van der Waals surface area contributed by atoms with Crippen LogP contribution in [0.2, 0.25) is 0 Å². The van der Waals surface area contributed by atoms with Crippen molar-refractivity contribution in [1.82, 2.24) is 14.7 Å². The van der Waals surface area contributed by atoms with Crippen LogP contribution in [0.15, 0.2) is 35.5 Å². The van der Waals surface area contributed by atoms with Gasteiger partial charge < -0.3 is 10.1 Å². The Morgan fingerprint density at radius 3 is 2.85 bits per heavy atom. The van der Waals surface area contributed by atoms with Crippen LogP contribution in [0.4, 0.5) is 0 Å². The third-order valence-corrected chi connectivity index (χ3v) is 4.13. The number of hydrogen-bond acceptors (Lipinski definition) is 4. The fourth-order valence-electron chi connectivity index (χ4n) is 1.60. The molecule has 0 bridgehead atoms. The first-order chi connectivity index (χ1) is 9.40. The van der Waals surface area contributed by atoms with Gasteiger partial charge in [0, 0.05) is 12.4 Å². The van der Waals surface area contributed by atoms with E-state index in [0.717, 1.165) is 17.8 Å². The molecule has 0 aliphatic rings. The Bertz CT molecular complexity index is 737. The summed E-state index contributed by atoms with van der Waals surface area (Å²) in [6.45, 7) is 1.87. The van der Waals surface area contributed by atoms with Crippen LogP contribution >= 0.6 is 0 Å². The molecule has 0 saturated carbocycles. The Balaban J connectivity index is 2.15. The summed E-state index contributed by atoms with van der Waals surface area (Å²) in [5.74, 6) is -1.22. The van der Waals surface area contributed by atoms with Gasteiger partial charge in [-0.15, -0.1) is 0 Å². The molecule has 0 radical (unpaired) electrons. The van der Waals surface area contributed by atoms with Crippen molar-refractivity contribution >= 4 is 16.0 Å². The molecule has 2 rings (SSSR count). The molecule has 2 aromatic heterocycles. The maximum Gasteiger partial charge on any atom is 0.352 e. The smallest absolute Gasteiger partial charge is 0.352 e. The van der Waals surface area contributed by atoms with Crippen LogP contribution in [0.1, 0.15) is 21.7 Å². The SMILES string of the molecule is Cc1cccnc1CNS(=O)(=O)c1c[nH]c(C(=O)O)c1. The number of carboxylic acid groups (broad SMARTS) is 1. The van der Waals surface area contributed by atoms with E-state index in [2.05, 4.69) is 14.7 Å². The minimum Gasteiger partial charge on any atom is -0.477 e. The number of H-pyrrole nitrogens is 1. The Morgan fingerprint density at radius 2 is 2.25 bits per heavy atom. The van der Waals surface area contributed by atoms with E-state index in [1.54, 1.807) is 12.3 Å². The molecule has 0 spiro atoms. The summed E-state index contributed by atoms with van der Waals surface area (Å²) in [5.41, 5.74) is 1.31. The summed E-state index contributed by atoms with van der Waals surface area (Å²) < 4.78 is 26.4. The molecule has 0 aromatic carbocycles. The molecule has 8 heteroatoms. The molecule has 0 aliphatic heterocycles.